The van der Waals surface area contributed by atoms with E-state index in [0.717, 1.165) is 12.8 Å². The van der Waals surface area contributed by atoms with Crippen LogP contribution in [-0.2, 0) is 4.74 Å². The molecule has 0 bridgehead atoms. The predicted octanol–water partition coefficient (Wildman–Crippen LogP) is 1.83. The maximum absolute atomic E-state index is 5.25. The molecule has 10 heavy (non-hydrogen) atoms. The average Bonchev–Trinajstić information content (AvgIpc) is 1.87. The Hall–Kier alpha value is -0.310. The number of hydrogen-bond donors (Lipinski definition) is 1. The number of rotatable bonds is 3. The van der Waals surface area contributed by atoms with Crippen molar-refractivity contribution in [1.82, 2.24) is 0 Å². The third-order valence-corrected chi connectivity index (χ3v) is 1.93. The Kier molecular flexibility index (Phi) is 3.64. The van der Waals surface area contributed by atoms with Crippen LogP contribution in [0.4, 0.5) is 0 Å². The van der Waals surface area contributed by atoms with E-state index < -0.39 is 0 Å². The van der Waals surface area contributed by atoms with Gasteiger partial charge >= 0.3 is 0 Å². The van der Waals surface area contributed by atoms with Crippen LogP contribution >= 0.6 is 12.2 Å². The van der Waals surface area contributed by atoms with E-state index in [1.54, 1.807) is 0 Å². The molecule has 0 aliphatic carbocycles. The highest BCUT2D eigenvalue weighted by Gasteiger charge is 2.21. The molecular weight excluding hydrogens is 146 g/mol. The Bertz CT molecular complexity index is 121. The van der Waals surface area contributed by atoms with Crippen LogP contribution in [0.2, 0.25) is 0 Å². The molecule has 0 aliphatic rings. The Morgan fingerprint density at radius 2 is 1.90 bits per heavy atom. The van der Waals surface area contributed by atoms with E-state index in [1.807, 2.05) is 6.92 Å². The molecule has 0 atom stereocenters. The molecule has 3 heteroatoms. The molecule has 0 unspecified atom stereocenters. The number of hydrogen-bond acceptors (Lipinski definition) is 2. The lowest BCUT2D eigenvalue weighted by Gasteiger charge is -2.26. The molecule has 0 saturated carbocycles. The van der Waals surface area contributed by atoms with Crippen molar-refractivity contribution in [2.75, 3.05) is 0 Å². The highest BCUT2D eigenvalue weighted by Crippen LogP contribution is 2.18. The van der Waals surface area contributed by atoms with E-state index in [2.05, 4.69) is 26.1 Å². The summed E-state index contributed by atoms with van der Waals surface area (Å²) in [5, 5.41) is 0.145. The predicted molar refractivity (Wildman–Crippen MR) is 46.9 cm³/mol. The van der Waals surface area contributed by atoms with Gasteiger partial charge in [0.2, 0.25) is 0 Å². The van der Waals surface area contributed by atoms with E-state index in [1.165, 1.54) is 0 Å². The lowest BCUT2D eigenvalue weighted by molar-refractivity contribution is 0.0691. The van der Waals surface area contributed by atoms with Gasteiger partial charge in [0.15, 0.2) is 0 Å². The van der Waals surface area contributed by atoms with Gasteiger partial charge in [-0.1, -0.05) is 13.8 Å². The molecule has 0 fully saturated rings. The van der Waals surface area contributed by atoms with Crippen LogP contribution in [0.25, 0.3) is 0 Å². The zero-order chi connectivity index (χ0) is 8.20. The van der Waals surface area contributed by atoms with Gasteiger partial charge in [-0.3, -0.25) is 0 Å². The van der Waals surface area contributed by atoms with Crippen molar-refractivity contribution < 1.29 is 4.74 Å². The van der Waals surface area contributed by atoms with Crippen LogP contribution in [-0.4, -0.2) is 10.8 Å². The molecule has 0 radical (unpaired) electrons. The third kappa shape index (κ3) is 3.01. The lowest BCUT2D eigenvalue weighted by atomic mass is 10.0. The largest absolute Gasteiger partial charge is 0.465 e. The van der Waals surface area contributed by atoms with Gasteiger partial charge in [-0.05, 0) is 32.0 Å². The molecule has 0 amide bonds. The molecule has 2 N–H and O–H groups in total. The molecule has 0 aliphatic heterocycles. The number of thiocarbonyl (C=S) groups is 1. The van der Waals surface area contributed by atoms with Gasteiger partial charge in [-0.2, -0.15) is 0 Å². The fourth-order valence-corrected chi connectivity index (χ4v) is 0.838. The van der Waals surface area contributed by atoms with Crippen molar-refractivity contribution in [3.8, 4) is 0 Å². The number of ether oxygens (including phenoxy) is 1. The van der Waals surface area contributed by atoms with Crippen molar-refractivity contribution in [2.24, 2.45) is 5.73 Å². The van der Waals surface area contributed by atoms with Gasteiger partial charge in [0, 0.05) is 0 Å². The highest BCUT2D eigenvalue weighted by molar-refractivity contribution is 7.80. The summed E-state index contributed by atoms with van der Waals surface area (Å²) >= 11 is 4.63. The maximum atomic E-state index is 5.25. The molecule has 0 spiro atoms. The molecule has 0 aromatic heterocycles. The van der Waals surface area contributed by atoms with Gasteiger partial charge in [-0.15, -0.1) is 0 Å². The van der Waals surface area contributed by atoms with Crippen LogP contribution in [0.3, 0.4) is 0 Å². The van der Waals surface area contributed by atoms with Gasteiger partial charge in [0.25, 0.3) is 5.17 Å². The quantitative estimate of drug-likeness (QED) is 0.641. The zero-order valence-corrected chi connectivity index (χ0v) is 7.62. The monoisotopic (exact) mass is 161 g/mol. The average molecular weight is 161 g/mol. The minimum Gasteiger partial charge on any atom is -0.465 e. The summed E-state index contributed by atoms with van der Waals surface area (Å²) < 4.78 is 5.25. The van der Waals surface area contributed by atoms with E-state index in [-0.39, 0.29) is 10.8 Å². The molecule has 0 rings (SSSR count). The standard InChI is InChI=1S/C7H15NOS/c1-4-7(3,5-2)9-6(8)10/h4-5H2,1-3H3,(H2,8,10). The zero-order valence-electron chi connectivity index (χ0n) is 6.81. The fraction of sp³-hybridized carbons (Fsp3) is 0.857. The first-order chi connectivity index (χ1) is 4.54. The first kappa shape index (κ1) is 9.69. The lowest BCUT2D eigenvalue weighted by Crippen LogP contribution is -2.32. The Morgan fingerprint density at radius 1 is 1.50 bits per heavy atom. The second-order valence-electron chi connectivity index (χ2n) is 2.58. The van der Waals surface area contributed by atoms with E-state index in [9.17, 15) is 0 Å². The molecule has 0 heterocycles. The summed E-state index contributed by atoms with van der Waals surface area (Å²) in [6.07, 6.45) is 1.86. The molecule has 60 valence electrons. The summed E-state index contributed by atoms with van der Waals surface area (Å²) in [6.45, 7) is 6.12. The minimum absolute atomic E-state index is 0.145. The van der Waals surface area contributed by atoms with E-state index >= 15 is 0 Å². The smallest absolute Gasteiger partial charge is 0.254 e. The van der Waals surface area contributed by atoms with Crippen molar-refractivity contribution >= 4 is 17.4 Å². The fourth-order valence-electron chi connectivity index (χ4n) is 0.637. The first-order valence-corrected chi connectivity index (χ1v) is 3.93. The van der Waals surface area contributed by atoms with E-state index in [0.29, 0.717) is 0 Å². The van der Waals surface area contributed by atoms with Gasteiger partial charge < -0.3 is 10.5 Å². The van der Waals surface area contributed by atoms with Crippen LogP contribution in [0.1, 0.15) is 33.6 Å². The van der Waals surface area contributed by atoms with Crippen molar-refractivity contribution in [2.45, 2.75) is 39.2 Å². The summed E-state index contributed by atoms with van der Waals surface area (Å²) in [4.78, 5) is 0. The number of nitrogens with two attached hydrogens (primary N) is 1. The molecule has 2 nitrogen and oxygen atoms in total. The van der Waals surface area contributed by atoms with Crippen molar-refractivity contribution in [3.05, 3.63) is 0 Å². The van der Waals surface area contributed by atoms with Crippen molar-refractivity contribution in [1.29, 1.82) is 0 Å². The second-order valence-corrected chi connectivity index (χ2v) is 2.98. The summed E-state index contributed by atoms with van der Waals surface area (Å²) in [7, 11) is 0. The Labute approximate surface area is 67.7 Å². The Balaban J connectivity index is 3.92. The summed E-state index contributed by atoms with van der Waals surface area (Å²) in [5.41, 5.74) is 5.08. The van der Waals surface area contributed by atoms with Crippen LogP contribution in [0.15, 0.2) is 0 Å². The molecule has 0 aromatic rings. The van der Waals surface area contributed by atoms with E-state index in [4.69, 9.17) is 10.5 Å². The van der Waals surface area contributed by atoms with Crippen molar-refractivity contribution in [3.63, 3.8) is 0 Å². The van der Waals surface area contributed by atoms with Crippen LogP contribution in [0.5, 0.6) is 0 Å². The summed E-state index contributed by atoms with van der Waals surface area (Å²) in [5.74, 6) is 0. The van der Waals surface area contributed by atoms with Crippen LogP contribution in [0, 0.1) is 0 Å². The first-order valence-electron chi connectivity index (χ1n) is 3.52. The molecular formula is C7H15NOS. The maximum Gasteiger partial charge on any atom is 0.254 e. The Morgan fingerprint density at radius 3 is 2.00 bits per heavy atom. The van der Waals surface area contributed by atoms with Gasteiger partial charge in [0.05, 0.1) is 0 Å². The van der Waals surface area contributed by atoms with Crippen LogP contribution < -0.4 is 5.73 Å². The SMILES string of the molecule is CCC(C)(CC)OC(N)=S. The molecule has 0 saturated heterocycles. The van der Waals surface area contributed by atoms with Gasteiger partial charge in [0.1, 0.15) is 5.60 Å². The topological polar surface area (TPSA) is 35.2 Å². The summed E-state index contributed by atoms with van der Waals surface area (Å²) in [6, 6.07) is 0. The highest BCUT2D eigenvalue weighted by atomic mass is 32.1. The third-order valence-electron chi connectivity index (χ3n) is 1.84. The second kappa shape index (κ2) is 3.76. The molecule has 0 aromatic carbocycles. The normalized spacial score (nSPS) is 11.1. The van der Waals surface area contributed by atoms with Gasteiger partial charge in [-0.25, -0.2) is 0 Å². The minimum atomic E-state index is -0.161.